The van der Waals surface area contributed by atoms with Crippen molar-refractivity contribution in [3.63, 3.8) is 0 Å². The quantitative estimate of drug-likeness (QED) is 0.823. The van der Waals surface area contributed by atoms with Crippen LogP contribution in [0.4, 0.5) is 0 Å². The average molecular weight is 356 g/mol. The van der Waals surface area contributed by atoms with E-state index in [0.717, 1.165) is 37.7 Å². The first-order chi connectivity index (χ1) is 12.6. The Morgan fingerprint density at radius 1 is 1.23 bits per heavy atom. The molecule has 3 fully saturated rings. The van der Waals surface area contributed by atoms with Gasteiger partial charge in [-0.3, -0.25) is 4.79 Å². The van der Waals surface area contributed by atoms with Crippen molar-refractivity contribution in [3.8, 4) is 0 Å². The van der Waals surface area contributed by atoms with Gasteiger partial charge in [0.1, 0.15) is 0 Å². The minimum atomic E-state index is -0.906. The summed E-state index contributed by atoms with van der Waals surface area (Å²) in [6.07, 6.45) is 7.85. The molecule has 3 heterocycles. The average Bonchev–Trinajstić information content (AvgIpc) is 3.24. The zero-order valence-electron chi connectivity index (χ0n) is 14.7. The number of hydrogen-bond acceptors (Lipinski definition) is 4. The maximum absolute atomic E-state index is 12.0. The summed E-state index contributed by atoms with van der Waals surface area (Å²) in [6.45, 7) is 0.707. The number of piperidine rings is 1. The Morgan fingerprint density at radius 2 is 2.00 bits per heavy atom. The van der Waals surface area contributed by atoms with Crippen LogP contribution in [0.5, 0.6) is 0 Å². The molecule has 1 aromatic carbocycles. The van der Waals surface area contributed by atoms with Crippen LogP contribution in [0, 0.1) is 11.8 Å². The number of carboxylic acids is 1. The van der Waals surface area contributed by atoms with Crippen molar-refractivity contribution in [1.29, 1.82) is 0 Å². The molecular weight excluding hydrogens is 332 g/mol. The number of rotatable bonds is 5. The molecular formula is C20H24N2O4. The first-order valence-corrected chi connectivity index (χ1v) is 9.44. The zero-order valence-corrected chi connectivity index (χ0v) is 14.7. The van der Waals surface area contributed by atoms with E-state index >= 15 is 0 Å². The van der Waals surface area contributed by atoms with Crippen molar-refractivity contribution in [2.24, 2.45) is 16.9 Å². The van der Waals surface area contributed by atoms with E-state index in [0.29, 0.717) is 24.4 Å². The lowest BCUT2D eigenvalue weighted by Gasteiger charge is -2.27. The highest BCUT2D eigenvalue weighted by atomic mass is 16.5. The Balaban J connectivity index is 1.47. The normalized spacial score (nSPS) is 31.1. The monoisotopic (exact) mass is 356 g/mol. The molecule has 4 unspecified atom stereocenters. The smallest absolute Gasteiger partial charge is 0.335 e. The predicted octanol–water partition coefficient (Wildman–Crippen LogP) is 2.72. The van der Waals surface area contributed by atoms with Gasteiger partial charge < -0.3 is 9.84 Å². The number of carbonyl (C=O) groups excluding carboxylic acids is 1. The molecule has 3 aliphatic rings. The van der Waals surface area contributed by atoms with Gasteiger partial charge in [0.15, 0.2) is 0 Å². The number of hydrazone groups is 1. The molecule has 0 saturated carbocycles. The SMILES string of the molecule is O=C(O)c1ccc(CC2C3CCC(O3)C2C=NN2CCCCC2=O)cc1. The molecule has 1 aromatic rings. The van der Waals surface area contributed by atoms with Gasteiger partial charge in [-0.1, -0.05) is 12.1 Å². The molecule has 4 rings (SSSR count). The van der Waals surface area contributed by atoms with Gasteiger partial charge in [0.25, 0.3) is 0 Å². The molecule has 0 aromatic heterocycles. The van der Waals surface area contributed by atoms with Gasteiger partial charge in [-0.15, -0.1) is 0 Å². The molecule has 138 valence electrons. The molecule has 3 aliphatic heterocycles. The summed E-state index contributed by atoms with van der Waals surface area (Å²) < 4.78 is 6.11. The Bertz CT molecular complexity index is 715. The van der Waals surface area contributed by atoms with Crippen LogP contribution in [0.2, 0.25) is 0 Å². The van der Waals surface area contributed by atoms with Crippen LogP contribution >= 0.6 is 0 Å². The first kappa shape index (κ1) is 17.2. The Kier molecular flexibility index (Phi) is 4.76. The van der Waals surface area contributed by atoms with E-state index in [1.165, 1.54) is 0 Å². The van der Waals surface area contributed by atoms with Gasteiger partial charge in [-0.25, -0.2) is 9.80 Å². The van der Waals surface area contributed by atoms with Gasteiger partial charge in [-0.05, 0) is 55.7 Å². The van der Waals surface area contributed by atoms with Gasteiger partial charge in [-0.2, -0.15) is 5.10 Å². The highest BCUT2D eigenvalue weighted by molar-refractivity contribution is 5.87. The number of carbonyl (C=O) groups is 2. The Labute approximate surface area is 152 Å². The molecule has 1 amide bonds. The van der Waals surface area contributed by atoms with E-state index in [4.69, 9.17) is 9.84 Å². The maximum Gasteiger partial charge on any atom is 0.335 e. The van der Waals surface area contributed by atoms with Crippen molar-refractivity contribution in [2.45, 2.75) is 50.7 Å². The highest BCUT2D eigenvalue weighted by Crippen LogP contribution is 2.44. The molecule has 4 atom stereocenters. The number of aromatic carboxylic acids is 1. The largest absolute Gasteiger partial charge is 0.478 e. The molecule has 2 bridgehead atoms. The second kappa shape index (κ2) is 7.19. The van der Waals surface area contributed by atoms with Crippen LogP contribution in [0.1, 0.15) is 48.0 Å². The van der Waals surface area contributed by atoms with Crippen molar-refractivity contribution >= 4 is 18.1 Å². The fourth-order valence-electron chi connectivity index (χ4n) is 4.41. The number of nitrogens with zero attached hydrogens (tertiary/aromatic N) is 2. The third-order valence-electron chi connectivity index (χ3n) is 5.84. The van der Waals surface area contributed by atoms with E-state index in [2.05, 4.69) is 5.10 Å². The third kappa shape index (κ3) is 3.38. The number of ether oxygens (including phenoxy) is 1. The molecule has 6 heteroatoms. The van der Waals surface area contributed by atoms with E-state index in [1.807, 2.05) is 18.3 Å². The number of amides is 1. The minimum absolute atomic E-state index is 0.109. The zero-order chi connectivity index (χ0) is 18.1. The van der Waals surface area contributed by atoms with Crippen LogP contribution in [-0.2, 0) is 16.0 Å². The van der Waals surface area contributed by atoms with E-state index < -0.39 is 5.97 Å². The molecule has 6 nitrogen and oxygen atoms in total. The van der Waals surface area contributed by atoms with E-state index in [1.54, 1.807) is 17.1 Å². The molecule has 0 radical (unpaired) electrons. The second-order valence-electron chi connectivity index (χ2n) is 7.48. The lowest BCUT2D eigenvalue weighted by molar-refractivity contribution is -0.133. The summed E-state index contributed by atoms with van der Waals surface area (Å²) in [7, 11) is 0. The summed E-state index contributed by atoms with van der Waals surface area (Å²) in [5, 5.41) is 15.1. The van der Waals surface area contributed by atoms with Crippen LogP contribution in [0.15, 0.2) is 29.4 Å². The number of hydrogen-bond donors (Lipinski definition) is 1. The predicted molar refractivity (Wildman–Crippen MR) is 96.0 cm³/mol. The Hall–Kier alpha value is -2.21. The fraction of sp³-hybridized carbons (Fsp3) is 0.550. The van der Waals surface area contributed by atoms with Crippen LogP contribution in [0.25, 0.3) is 0 Å². The maximum atomic E-state index is 12.0. The van der Waals surface area contributed by atoms with Crippen molar-refractivity contribution in [3.05, 3.63) is 35.4 Å². The second-order valence-corrected chi connectivity index (χ2v) is 7.48. The van der Waals surface area contributed by atoms with Crippen LogP contribution in [0.3, 0.4) is 0 Å². The number of fused-ring (bicyclic) bond motifs is 2. The van der Waals surface area contributed by atoms with E-state index in [9.17, 15) is 9.59 Å². The van der Waals surface area contributed by atoms with E-state index in [-0.39, 0.29) is 24.0 Å². The van der Waals surface area contributed by atoms with Crippen LogP contribution < -0.4 is 0 Å². The third-order valence-corrected chi connectivity index (χ3v) is 5.84. The topological polar surface area (TPSA) is 79.2 Å². The van der Waals surface area contributed by atoms with Gasteiger partial charge in [0, 0.05) is 25.1 Å². The highest BCUT2D eigenvalue weighted by Gasteiger charge is 2.48. The Morgan fingerprint density at radius 3 is 2.73 bits per heavy atom. The van der Waals surface area contributed by atoms with Gasteiger partial charge in [0.2, 0.25) is 5.91 Å². The van der Waals surface area contributed by atoms with Gasteiger partial charge in [0.05, 0.1) is 17.8 Å². The van der Waals surface area contributed by atoms with Gasteiger partial charge >= 0.3 is 5.97 Å². The standard InChI is InChI=1S/C20H24N2O4/c23-19-3-1-2-10-22(19)21-12-16-15(17-8-9-18(16)26-17)11-13-4-6-14(7-5-13)20(24)25/h4-7,12,15-18H,1-3,8-11H2,(H,24,25). The summed E-state index contributed by atoms with van der Waals surface area (Å²) in [5.41, 5.74) is 1.42. The first-order valence-electron chi connectivity index (χ1n) is 9.44. The molecule has 3 saturated heterocycles. The molecule has 1 N–H and O–H groups in total. The molecule has 26 heavy (non-hydrogen) atoms. The van der Waals surface area contributed by atoms with Crippen molar-refractivity contribution < 1.29 is 19.4 Å². The fourth-order valence-corrected chi connectivity index (χ4v) is 4.41. The summed E-state index contributed by atoms with van der Waals surface area (Å²) in [6, 6.07) is 7.08. The summed E-state index contributed by atoms with van der Waals surface area (Å²) in [4.78, 5) is 23.0. The van der Waals surface area contributed by atoms with Crippen molar-refractivity contribution in [2.75, 3.05) is 6.54 Å². The van der Waals surface area contributed by atoms with Crippen LogP contribution in [-0.4, -0.2) is 47.0 Å². The molecule has 0 aliphatic carbocycles. The molecule has 0 spiro atoms. The lowest BCUT2D eigenvalue weighted by Crippen LogP contribution is -2.34. The minimum Gasteiger partial charge on any atom is -0.478 e. The van der Waals surface area contributed by atoms with Crippen molar-refractivity contribution in [1.82, 2.24) is 5.01 Å². The number of carboxylic acid groups (broad SMARTS) is 1. The summed E-state index contributed by atoms with van der Waals surface area (Å²) in [5.74, 6) is -0.260. The number of benzene rings is 1. The lowest BCUT2D eigenvalue weighted by atomic mass is 9.77. The summed E-state index contributed by atoms with van der Waals surface area (Å²) >= 11 is 0.